The fraction of sp³-hybridized carbons (Fsp3) is 0.321. The third-order valence-corrected chi connectivity index (χ3v) is 7.47. The summed E-state index contributed by atoms with van der Waals surface area (Å²) >= 11 is 1.03. The number of nitrogens with one attached hydrogen (secondary N) is 1. The molecule has 1 atom stereocenters. The Labute approximate surface area is 227 Å². The number of carbonyl (C=O) groups excluding carboxylic acids is 1. The molecule has 0 radical (unpaired) electrons. The summed E-state index contributed by atoms with van der Waals surface area (Å²) in [5, 5.41) is 13.1. The predicted octanol–water partition coefficient (Wildman–Crippen LogP) is 6.82. The Bertz CT molecular complexity index is 1380. The number of hydrogen-bond acceptors (Lipinski definition) is 6. The molecule has 1 aliphatic carbocycles. The van der Waals surface area contributed by atoms with Crippen molar-refractivity contribution in [3.63, 3.8) is 0 Å². The summed E-state index contributed by atoms with van der Waals surface area (Å²) in [4.78, 5) is 28.1. The van der Waals surface area contributed by atoms with E-state index in [1.54, 1.807) is 30.7 Å². The fourth-order valence-electron chi connectivity index (χ4n) is 4.79. The first-order valence-electron chi connectivity index (χ1n) is 12.3. The number of rotatable bonds is 9. The molecule has 206 valence electrons. The van der Waals surface area contributed by atoms with E-state index in [0.717, 1.165) is 56.3 Å². The average molecular weight is 561 g/mol. The second-order valence-corrected chi connectivity index (χ2v) is 9.98. The van der Waals surface area contributed by atoms with Crippen LogP contribution in [0.3, 0.4) is 0 Å². The Kier molecular flexibility index (Phi) is 9.03. The van der Waals surface area contributed by atoms with Crippen molar-refractivity contribution < 1.29 is 37.3 Å². The molecule has 3 aromatic rings. The third kappa shape index (κ3) is 6.31. The highest BCUT2D eigenvalue weighted by atomic mass is 32.1. The summed E-state index contributed by atoms with van der Waals surface area (Å²) in [6, 6.07) is 6.58. The Hall–Kier alpha value is -3.70. The SMILES string of the molecule is COC(=Cc1c(F)cc(C(=O)Nc2nc(-c3cccc(C(OC)C4CCCCC4)c3F)cs2)cc1F)C(=O)O. The molecule has 0 bridgehead atoms. The van der Waals surface area contributed by atoms with E-state index in [4.69, 9.17) is 9.84 Å². The van der Waals surface area contributed by atoms with Gasteiger partial charge in [0.15, 0.2) is 5.13 Å². The molecule has 1 amide bonds. The van der Waals surface area contributed by atoms with E-state index in [1.165, 1.54) is 6.42 Å². The van der Waals surface area contributed by atoms with Crippen molar-refractivity contribution in [2.75, 3.05) is 19.5 Å². The number of amides is 1. The maximum Gasteiger partial charge on any atom is 0.371 e. The van der Waals surface area contributed by atoms with Crippen molar-refractivity contribution in [2.45, 2.75) is 38.2 Å². The minimum atomic E-state index is -1.51. The topological polar surface area (TPSA) is 97.8 Å². The quantitative estimate of drug-likeness (QED) is 0.220. The van der Waals surface area contributed by atoms with Crippen molar-refractivity contribution in [3.05, 3.63) is 75.6 Å². The normalized spacial score (nSPS) is 15.2. The number of methoxy groups -OCH3 is 2. The molecule has 7 nitrogen and oxygen atoms in total. The predicted molar refractivity (Wildman–Crippen MR) is 141 cm³/mol. The molecule has 2 aromatic carbocycles. The zero-order valence-electron chi connectivity index (χ0n) is 21.3. The highest BCUT2D eigenvalue weighted by molar-refractivity contribution is 7.14. The van der Waals surface area contributed by atoms with E-state index >= 15 is 4.39 Å². The smallest absolute Gasteiger partial charge is 0.371 e. The number of aromatic nitrogens is 1. The number of carboxylic acid groups (broad SMARTS) is 1. The molecule has 1 unspecified atom stereocenters. The van der Waals surface area contributed by atoms with Crippen molar-refractivity contribution in [1.29, 1.82) is 0 Å². The molecule has 11 heteroatoms. The van der Waals surface area contributed by atoms with Crippen LogP contribution in [-0.2, 0) is 14.3 Å². The minimum Gasteiger partial charge on any atom is -0.490 e. The van der Waals surface area contributed by atoms with Gasteiger partial charge in [-0.15, -0.1) is 11.3 Å². The lowest BCUT2D eigenvalue weighted by molar-refractivity contribution is -0.135. The lowest BCUT2D eigenvalue weighted by Gasteiger charge is -2.30. The van der Waals surface area contributed by atoms with E-state index in [-0.39, 0.29) is 28.3 Å². The molecule has 4 rings (SSSR count). The van der Waals surface area contributed by atoms with E-state index in [1.807, 2.05) is 0 Å². The van der Waals surface area contributed by atoms with Gasteiger partial charge in [0.1, 0.15) is 17.5 Å². The van der Waals surface area contributed by atoms with Gasteiger partial charge in [-0.3, -0.25) is 10.1 Å². The van der Waals surface area contributed by atoms with E-state index in [9.17, 15) is 18.4 Å². The molecule has 1 aromatic heterocycles. The molecule has 0 saturated heterocycles. The first kappa shape index (κ1) is 28.3. The van der Waals surface area contributed by atoms with Gasteiger partial charge >= 0.3 is 5.97 Å². The van der Waals surface area contributed by atoms with Crippen LogP contribution in [0.25, 0.3) is 17.3 Å². The molecule has 0 spiro atoms. The van der Waals surface area contributed by atoms with Gasteiger partial charge < -0.3 is 14.6 Å². The lowest BCUT2D eigenvalue weighted by Crippen LogP contribution is -2.19. The Morgan fingerprint density at radius 2 is 1.82 bits per heavy atom. The maximum absolute atomic E-state index is 15.6. The Morgan fingerprint density at radius 3 is 2.44 bits per heavy atom. The number of carbonyl (C=O) groups is 2. The van der Waals surface area contributed by atoms with E-state index < -0.39 is 40.7 Å². The summed E-state index contributed by atoms with van der Waals surface area (Å²) in [7, 11) is 2.63. The molecule has 1 fully saturated rings. The first-order chi connectivity index (χ1) is 18.7. The van der Waals surface area contributed by atoms with Crippen LogP contribution in [-0.4, -0.2) is 36.2 Å². The van der Waals surface area contributed by atoms with Crippen LogP contribution >= 0.6 is 11.3 Å². The molecule has 39 heavy (non-hydrogen) atoms. The van der Waals surface area contributed by atoms with E-state index in [0.29, 0.717) is 17.3 Å². The summed E-state index contributed by atoms with van der Waals surface area (Å²) < 4.78 is 55.0. The summed E-state index contributed by atoms with van der Waals surface area (Å²) in [5.41, 5.74) is -0.00773. The second-order valence-electron chi connectivity index (χ2n) is 9.13. The van der Waals surface area contributed by atoms with Gasteiger partial charge in [-0.2, -0.15) is 0 Å². The zero-order valence-corrected chi connectivity index (χ0v) is 22.1. The van der Waals surface area contributed by atoms with Gasteiger partial charge in [0, 0.05) is 40.8 Å². The van der Waals surface area contributed by atoms with Crippen LogP contribution in [0.4, 0.5) is 18.3 Å². The molecule has 1 aliphatic rings. The van der Waals surface area contributed by atoms with Gasteiger partial charge in [-0.25, -0.2) is 22.9 Å². The molecular formula is C28H27F3N2O5S. The zero-order chi connectivity index (χ0) is 28.1. The van der Waals surface area contributed by atoms with Gasteiger partial charge in [0.25, 0.3) is 5.91 Å². The third-order valence-electron chi connectivity index (χ3n) is 6.72. The Morgan fingerprint density at radius 1 is 1.13 bits per heavy atom. The Balaban J connectivity index is 1.54. The largest absolute Gasteiger partial charge is 0.490 e. The van der Waals surface area contributed by atoms with Crippen LogP contribution in [0.2, 0.25) is 0 Å². The van der Waals surface area contributed by atoms with Crippen molar-refractivity contribution in [3.8, 4) is 11.3 Å². The summed E-state index contributed by atoms with van der Waals surface area (Å²) in [6.07, 6.45) is 5.60. The second kappa shape index (κ2) is 12.4. The van der Waals surface area contributed by atoms with Crippen LogP contribution in [0.1, 0.15) is 59.7 Å². The number of nitrogens with zero attached hydrogens (tertiary/aromatic N) is 1. The lowest BCUT2D eigenvalue weighted by atomic mass is 9.82. The number of anilines is 1. The molecular weight excluding hydrogens is 533 g/mol. The number of halogens is 3. The molecule has 1 saturated carbocycles. The van der Waals surface area contributed by atoms with Gasteiger partial charge in [-0.1, -0.05) is 31.4 Å². The van der Waals surface area contributed by atoms with Crippen molar-refractivity contribution >= 4 is 34.4 Å². The van der Waals surface area contributed by atoms with Gasteiger partial charge in [-0.05, 0) is 37.0 Å². The monoisotopic (exact) mass is 560 g/mol. The summed E-state index contributed by atoms with van der Waals surface area (Å²) in [5.74, 6) is -5.55. The molecule has 0 aliphatic heterocycles. The maximum atomic E-state index is 15.6. The van der Waals surface area contributed by atoms with Crippen molar-refractivity contribution in [1.82, 2.24) is 4.98 Å². The fourth-order valence-corrected chi connectivity index (χ4v) is 5.50. The van der Waals surface area contributed by atoms with Crippen LogP contribution in [0.15, 0.2) is 41.5 Å². The summed E-state index contributed by atoms with van der Waals surface area (Å²) in [6.45, 7) is 0. The first-order valence-corrected chi connectivity index (χ1v) is 13.2. The van der Waals surface area contributed by atoms with E-state index in [2.05, 4.69) is 15.0 Å². The molecule has 1 heterocycles. The number of thiazole rings is 1. The van der Waals surface area contributed by atoms with Crippen molar-refractivity contribution in [2.24, 2.45) is 5.92 Å². The number of benzene rings is 2. The minimum absolute atomic E-state index is 0.104. The molecule has 2 N–H and O–H groups in total. The average Bonchev–Trinajstić information content (AvgIpc) is 3.38. The number of aliphatic carboxylic acids is 1. The van der Waals surface area contributed by atoms with Crippen LogP contribution in [0.5, 0.6) is 0 Å². The van der Waals surface area contributed by atoms with Crippen LogP contribution in [0, 0.1) is 23.4 Å². The highest BCUT2D eigenvalue weighted by Crippen LogP contribution is 2.39. The van der Waals surface area contributed by atoms with Gasteiger partial charge in [0.05, 0.1) is 18.9 Å². The number of hydrogen-bond donors (Lipinski definition) is 2. The standard InChI is InChI=1S/C28H27F3N2O5S/c1-37-23(27(35)36)13-19-20(29)11-16(12-21(19)30)26(34)33-28-32-22(14-39-28)17-9-6-10-18(24(17)31)25(38-2)15-7-4-3-5-8-15/h6,9-15,25H,3-5,7-8H2,1-2H3,(H,35,36)(H,32,33,34). The highest BCUT2D eigenvalue weighted by Gasteiger charge is 2.28. The number of ether oxygens (including phenoxy) is 2. The number of carboxylic acids is 1. The van der Waals surface area contributed by atoms with Gasteiger partial charge in [0.2, 0.25) is 5.76 Å². The van der Waals surface area contributed by atoms with Crippen LogP contribution < -0.4 is 5.32 Å².